The first-order valence-electron chi connectivity index (χ1n) is 15.0. The van der Waals surface area contributed by atoms with Crippen molar-refractivity contribution in [2.45, 2.75) is 34.6 Å². The number of aryl methyl sites for hydroxylation is 5. The number of benzene rings is 5. The van der Waals surface area contributed by atoms with Crippen LogP contribution in [0.15, 0.2) is 121 Å². The van der Waals surface area contributed by atoms with Crippen molar-refractivity contribution < 1.29 is 0 Å². The molecule has 0 aromatic heterocycles. The van der Waals surface area contributed by atoms with E-state index in [0.717, 1.165) is 13.1 Å². The van der Waals surface area contributed by atoms with Crippen LogP contribution in [0.25, 0.3) is 11.1 Å². The molecule has 2 nitrogen and oxygen atoms in total. The monoisotopic (exact) mass is 565 g/mol. The van der Waals surface area contributed by atoms with Gasteiger partial charge in [-0.15, -0.1) is 0 Å². The van der Waals surface area contributed by atoms with Gasteiger partial charge in [0, 0.05) is 29.9 Å². The zero-order valence-electron chi connectivity index (χ0n) is 25.2. The summed E-state index contributed by atoms with van der Waals surface area (Å²) in [6.45, 7) is 13.2. The predicted octanol–water partition coefficient (Wildman–Crippen LogP) is 8.33. The van der Waals surface area contributed by atoms with Gasteiger partial charge in [-0.1, -0.05) is 78.4 Å². The van der Waals surface area contributed by atoms with Gasteiger partial charge in [0.2, 0.25) is 0 Å². The number of fused-ring (bicyclic) bond motifs is 5. The molecular weight excluding hydrogens is 527 g/mol. The summed E-state index contributed by atoms with van der Waals surface area (Å²) in [5.74, 6) is 0. The van der Waals surface area contributed by atoms with Crippen molar-refractivity contribution in [1.29, 1.82) is 0 Å². The molecular formula is C39H38N2P+. The van der Waals surface area contributed by atoms with Crippen LogP contribution in [0, 0.1) is 34.6 Å². The van der Waals surface area contributed by atoms with Crippen molar-refractivity contribution >= 4 is 34.6 Å². The molecule has 208 valence electrons. The lowest BCUT2D eigenvalue weighted by Crippen LogP contribution is -2.44. The summed E-state index contributed by atoms with van der Waals surface area (Å²) in [6, 6.07) is 41.2. The first kappa shape index (κ1) is 26.7. The molecule has 5 aromatic carbocycles. The van der Waals surface area contributed by atoms with E-state index in [2.05, 4.69) is 160 Å². The maximum absolute atomic E-state index is 2.67. The Labute approximate surface area is 251 Å². The molecule has 42 heavy (non-hydrogen) atoms. The number of hydrogen-bond donors (Lipinski definition) is 0. The first-order valence-corrected chi connectivity index (χ1v) is 16.7. The van der Waals surface area contributed by atoms with Gasteiger partial charge in [-0.25, -0.2) is 0 Å². The van der Waals surface area contributed by atoms with Crippen molar-refractivity contribution in [3.63, 3.8) is 0 Å². The van der Waals surface area contributed by atoms with Crippen molar-refractivity contribution in [3.05, 3.63) is 149 Å². The summed E-state index contributed by atoms with van der Waals surface area (Å²) in [5.41, 5.74) is 13.5. The Balaban J connectivity index is 1.67. The molecule has 0 N–H and O–H groups in total. The van der Waals surface area contributed by atoms with Crippen molar-refractivity contribution in [2.75, 3.05) is 22.9 Å². The molecule has 2 aliphatic rings. The second-order valence-electron chi connectivity index (χ2n) is 11.9. The predicted molar refractivity (Wildman–Crippen MR) is 183 cm³/mol. The van der Waals surface area contributed by atoms with E-state index >= 15 is 0 Å². The average molecular weight is 566 g/mol. The maximum atomic E-state index is 2.67. The lowest BCUT2D eigenvalue weighted by atomic mass is 9.94. The molecule has 2 aliphatic heterocycles. The Hall–Kier alpha value is -4.13. The molecule has 7 rings (SSSR count). The normalized spacial score (nSPS) is 15.3. The fourth-order valence-corrected chi connectivity index (χ4v) is 12.2. The summed E-state index contributed by atoms with van der Waals surface area (Å²) >= 11 is 0. The van der Waals surface area contributed by atoms with Crippen molar-refractivity contribution in [2.24, 2.45) is 0 Å². The van der Waals surface area contributed by atoms with Crippen LogP contribution in [-0.2, 0) is 0 Å². The molecule has 2 heterocycles. The highest BCUT2D eigenvalue weighted by atomic mass is 31.2. The SMILES string of the molecule is Cc1cc(C)c(N2C=C3N(CC2)c2cccc(C)c2-c2c(C)cccc2[P+]3(c2ccccc2)c2ccccc2)c(C)c1. The van der Waals surface area contributed by atoms with E-state index in [9.17, 15) is 0 Å². The van der Waals surface area contributed by atoms with Gasteiger partial charge in [-0.2, -0.15) is 0 Å². The second kappa shape index (κ2) is 10.3. The molecule has 0 fully saturated rings. The fourth-order valence-electron chi connectivity index (χ4n) is 7.49. The number of rotatable bonds is 3. The van der Waals surface area contributed by atoms with Crippen molar-refractivity contribution in [1.82, 2.24) is 0 Å². The van der Waals surface area contributed by atoms with Gasteiger partial charge in [-0.3, -0.25) is 0 Å². The van der Waals surface area contributed by atoms with Gasteiger partial charge < -0.3 is 9.80 Å². The van der Waals surface area contributed by atoms with E-state index < -0.39 is 7.26 Å². The lowest BCUT2D eigenvalue weighted by molar-refractivity contribution is 0.824. The standard InChI is InChI=1S/C39H38N2P/c1-27-24-30(4)39(31(5)25-27)40-22-23-41-34-20-12-14-28(2)37(34)38-29(3)15-13-21-35(38)42(36(41)26-40,32-16-8-6-9-17-32)33-18-10-7-11-19-33/h6-21,24-26H,22-23H2,1-5H3/q+1. The smallest absolute Gasteiger partial charge is 0.195 e. The average Bonchev–Trinajstić information content (AvgIpc) is 3.10. The lowest BCUT2D eigenvalue weighted by Gasteiger charge is -2.40. The Kier molecular flexibility index (Phi) is 6.56. The molecule has 0 saturated carbocycles. The molecule has 0 unspecified atom stereocenters. The van der Waals surface area contributed by atoms with Crippen LogP contribution < -0.4 is 25.7 Å². The van der Waals surface area contributed by atoms with E-state index in [4.69, 9.17) is 0 Å². The van der Waals surface area contributed by atoms with Gasteiger partial charge >= 0.3 is 0 Å². The molecule has 0 aliphatic carbocycles. The Bertz CT molecular complexity index is 1780. The molecule has 0 saturated heterocycles. The Morgan fingerprint density at radius 2 is 1.12 bits per heavy atom. The van der Waals surface area contributed by atoms with Crippen LogP contribution in [0.5, 0.6) is 0 Å². The highest BCUT2D eigenvalue weighted by Crippen LogP contribution is 2.68. The van der Waals surface area contributed by atoms with Crippen LogP contribution >= 0.6 is 7.26 Å². The second-order valence-corrected chi connectivity index (χ2v) is 15.2. The van der Waals surface area contributed by atoms with Gasteiger partial charge in [0.05, 0.1) is 11.9 Å². The van der Waals surface area contributed by atoms with E-state index in [1.165, 1.54) is 71.7 Å². The van der Waals surface area contributed by atoms with Crippen LogP contribution in [0.4, 0.5) is 11.4 Å². The van der Waals surface area contributed by atoms with E-state index in [1.807, 2.05) is 0 Å². The third-order valence-electron chi connectivity index (χ3n) is 9.07. The minimum atomic E-state index is -2.34. The van der Waals surface area contributed by atoms with Crippen molar-refractivity contribution in [3.8, 4) is 11.1 Å². The Morgan fingerprint density at radius 3 is 1.74 bits per heavy atom. The van der Waals surface area contributed by atoms with Crippen LogP contribution in [0.3, 0.4) is 0 Å². The van der Waals surface area contributed by atoms with Crippen LogP contribution in [0.2, 0.25) is 0 Å². The topological polar surface area (TPSA) is 6.48 Å². The maximum Gasteiger partial charge on any atom is 0.195 e. The molecule has 3 heteroatoms. The summed E-state index contributed by atoms with van der Waals surface area (Å²) in [5, 5.41) is 4.23. The summed E-state index contributed by atoms with van der Waals surface area (Å²) in [7, 11) is -2.34. The number of anilines is 2. The summed E-state index contributed by atoms with van der Waals surface area (Å²) in [4.78, 5) is 5.22. The first-order chi connectivity index (χ1) is 20.4. The summed E-state index contributed by atoms with van der Waals surface area (Å²) in [6.07, 6.45) is 2.52. The molecule has 0 spiro atoms. The fraction of sp³-hybridized carbons (Fsp3) is 0.179. The number of hydrogen-bond acceptors (Lipinski definition) is 2. The number of nitrogens with zero attached hydrogens (tertiary/aromatic N) is 2. The minimum absolute atomic E-state index is 0.920. The van der Waals surface area contributed by atoms with E-state index in [-0.39, 0.29) is 0 Å². The van der Waals surface area contributed by atoms with Crippen LogP contribution in [0.1, 0.15) is 27.8 Å². The molecule has 5 aromatic rings. The molecule has 0 radical (unpaired) electrons. The Morgan fingerprint density at radius 1 is 0.548 bits per heavy atom. The van der Waals surface area contributed by atoms with E-state index in [1.54, 1.807) is 0 Å². The van der Waals surface area contributed by atoms with Crippen LogP contribution in [-0.4, -0.2) is 13.1 Å². The summed E-state index contributed by atoms with van der Waals surface area (Å²) < 4.78 is 0. The largest absolute Gasteiger partial charge is 0.341 e. The third-order valence-corrected chi connectivity index (χ3v) is 13.4. The highest BCUT2D eigenvalue weighted by Gasteiger charge is 2.56. The third kappa shape index (κ3) is 3.97. The highest BCUT2D eigenvalue weighted by molar-refractivity contribution is 7.99. The van der Waals surface area contributed by atoms with Gasteiger partial charge in [0.1, 0.15) is 15.9 Å². The quantitative estimate of drug-likeness (QED) is 0.203. The van der Waals surface area contributed by atoms with Gasteiger partial charge in [0.25, 0.3) is 0 Å². The molecule has 0 bridgehead atoms. The zero-order valence-corrected chi connectivity index (χ0v) is 26.1. The minimum Gasteiger partial charge on any atom is -0.341 e. The zero-order chi connectivity index (χ0) is 29.0. The molecule has 0 amide bonds. The van der Waals surface area contributed by atoms with E-state index in [0.29, 0.717) is 0 Å². The van der Waals surface area contributed by atoms with Gasteiger partial charge in [0.15, 0.2) is 12.7 Å². The van der Waals surface area contributed by atoms with Gasteiger partial charge in [-0.05, 0) is 93.3 Å². The molecule has 0 atom stereocenters.